The highest BCUT2D eigenvalue weighted by Gasteiger charge is 2.27. The van der Waals surface area contributed by atoms with Crippen molar-refractivity contribution in [2.45, 2.75) is 0 Å². The van der Waals surface area contributed by atoms with E-state index in [1.54, 1.807) is 0 Å². The minimum absolute atomic E-state index is 0.633. The number of thiophene rings is 1. The van der Waals surface area contributed by atoms with Crippen molar-refractivity contribution in [1.29, 1.82) is 0 Å². The molecule has 0 unspecified atom stereocenters. The average molecular weight is 655 g/mol. The van der Waals surface area contributed by atoms with Crippen molar-refractivity contribution in [2.75, 3.05) is 0 Å². The Bertz CT molecular complexity index is 3560. The monoisotopic (exact) mass is 654 g/mol. The van der Waals surface area contributed by atoms with Gasteiger partial charge in [-0.05, 0) is 59.3 Å². The summed E-state index contributed by atoms with van der Waals surface area (Å²) in [5.74, 6) is 0.633. The maximum Gasteiger partial charge on any atom is 0.236 e. The molecular weight excluding hydrogens is 633 g/mol. The molecule has 13 aromatic rings. The van der Waals surface area contributed by atoms with Gasteiger partial charge in [-0.25, -0.2) is 9.97 Å². The summed E-state index contributed by atoms with van der Waals surface area (Å²) in [5.41, 5.74) is 10.0. The van der Waals surface area contributed by atoms with Gasteiger partial charge in [0.05, 0.1) is 27.6 Å². The molecule has 0 aliphatic heterocycles. The number of fused-ring (bicyclic) bond motifs is 8. The van der Waals surface area contributed by atoms with Crippen LogP contribution in [0.3, 0.4) is 0 Å². The van der Waals surface area contributed by atoms with Gasteiger partial charge in [-0.15, -0.1) is 11.3 Å². The Balaban J connectivity index is 1.27. The fraction of sp³-hybridized carbons (Fsp3) is 0. The van der Waals surface area contributed by atoms with Gasteiger partial charge in [-0.1, -0.05) is 84.9 Å². The number of furan rings is 1. The van der Waals surface area contributed by atoms with Crippen molar-refractivity contribution < 1.29 is 4.42 Å². The summed E-state index contributed by atoms with van der Waals surface area (Å²) in [5, 5.41) is 10.9. The van der Waals surface area contributed by atoms with E-state index in [9.17, 15) is 0 Å². The molecule has 0 bridgehead atoms. The molecule has 0 atom stereocenters. The predicted octanol–water partition coefficient (Wildman–Crippen LogP) is 12.1. The van der Waals surface area contributed by atoms with Crippen LogP contribution in [0.1, 0.15) is 0 Å². The zero-order valence-electron chi connectivity index (χ0n) is 26.3. The summed E-state index contributed by atoms with van der Waals surface area (Å²) in [6.45, 7) is 0. The van der Waals surface area contributed by atoms with E-state index < -0.39 is 0 Å². The van der Waals surface area contributed by atoms with Gasteiger partial charge in [0.1, 0.15) is 16.8 Å². The van der Waals surface area contributed by atoms with E-state index in [4.69, 9.17) is 14.4 Å². The maximum atomic E-state index is 6.59. The normalized spacial score (nSPS) is 12.8. The molecule has 6 heterocycles. The number of aromatic nitrogens is 4. The summed E-state index contributed by atoms with van der Waals surface area (Å²) in [6, 6.07) is 47.7. The van der Waals surface area contributed by atoms with Gasteiger partial charge < -0.3 is 8.82 Å². The molecule has 13 rings (SSSR count). The highest BCUT2D eigenvalue weighted by atomic mass is 32.1. The third-order valence-corrected chi connectivity index (χ3v) is 12.0. The number of benzene rings is 7. The van der Waals surface area contributed by atoms with Gasteiger partial charge in [0.15, 0.2) is 5.58 Å². The van der Waals surface area contributed by atoms with Crippen molar-refractivity contribution in [2.24, 2.45) is 0 Å². The van der Waals surface area contributed by atoms with Crippen molar-refractivity contribution in [3.05, 3.63) is 133 Å². The lowest BCUT2D eigenvalue weighted by Gasteiger charge is -2.11. The van der Waals surface area contributed by atoms with Crippen LogP contribution in [-0.2, 0) is 0 Å². The number of hydrogen-bond acceptors (Lipinski definition) is 4. The summed E-state index contributed by atoms with van der Waals surface area (Å²) in [6.07, 6.45) is 0. The molecule has 5 nitrogen and oxygen atoms in total. The van der Waals surface area contributed by atoms with Crippen LogP contribution in [0.25, 0.3) is 119 Å². The molecule has 230 valence electrons. The van der Waals surface area contributed by atoms with Gasteiger partial charge in [0.2, 0.25) is 5.95 Å². The fourth-order valence-electron chi connectivity index (χ4n) is 8.87. The standard InChI is InChI=1S/C44H22N4OS/c1-2-11-24-23(9-1)10-7-14-26(24)40-43-41(28-13-4-6-17-33(28)49-43)46-44(45-40)48-31-21-22-35-39-36-30(16-8-18-34(36)50-35)47-29-15-5-3-12-25(29)27-19-20-32(48)38(37(31)39)42(27)47/h1-22H. The Labute approximate surface area is 286 Å². The van der Waals surface area contributed by atoms with E-state index in [1.165, 1.54) is 58.3 Å². The molecule has 0 spiro atoms. The third kappa shape index (κ3) is 2.93. The van der Waals surface area contributed by atoms with E-state index in [0.29, 0.717) is 11.5 Å². The van der Waals surface area contributed by atoms with Crippen LogP contribution in [0, 0.1) is 0 Å². The Morgan fingerprint density at radius 3 is 2.20 bits per heavy atom. The van der Waals surface area contributed by atoms with Crippen LogP contribution >= 0.6 is 11.3 Å². The number of rotatable bonds is 2. The predicted molar refractivity (Wildman–Crippen MR) is 208 cm³/mol. The molecule has 0 amide bonds. The summed E-state index contributed by atoms with van der Waals surface area (Å²) in [7, 11) is 0. The summed E-state index contributed by atoms with van der Waals surface area (Å²) in [4.78, 5) is 10.9. The first-order valence-corrected chi connectivity index (χ1v) is 17.7. The first-order valence-electron chi connectivity index (χ1n) is 16.8. The van der Waals surface area contributed by atoms with E-state index in [0.717, 1.165) is 49.5 Å². The van der Waals surface area contributed by atoms with Crippen LogP contribution < -0.4 is 0 Å². The van der Waals surface area contributed by atoms with E-state index in [-0.39, 0.29) is 0 Å². The smallest absolute Gasteiger partial charge is 0.236 e. The van der Waals surface area contributed by atoms with Crippen molar-refractivity contribution >= 4 is 113 Å². The summed E-state index contributed by atoms with van der Waals surface area (Å²) < 4.78 is 14.0. The first kappa shape index (κ1) is 25.5. The number of nitrogens with zero attached hydrogens (tertiary/aromatic N) is 4. The first-order chi connectivity index (χ1) is 24.8. The Morgan fingerprint density at radius 1 is 0.500 bits per heavy atom. The van der Waals surface area contributed by atoms with Crippen LogP contribution in [0.5, 0.6) is 0 Å². The highest BCUT2D eigenvalue weighted by Crippen LogP contribution is 2.50. The molecule has 0 saturated carbocycles. The van der Waals surface area contributed by atoms with Crippen LogP contribution in [0.4, 0.5) is 0 Å². The molecule has 0 aliphatic carbocycles. The van der Waals surface area contributed by atoms with Gasteiger partial charge in [-0.2, -0.15) is 0 Å². The minimum Gasteiger partial charge on any atom is -0.452 e. The molecule has 0 radical (unpaired) electrons. The largest absolute Gasteiger partial charge is 0.452 e. The van der Waals surface area contributed by atoms with Gasteiger partial charge in [0.25, 0.3) is 0 Å². The lowest BCUT2D eigenvalue weighted by Crippen LogP contribution is -2.03. The molecule has 7 aromatic carbocycles. The quantitative estimate of drug-likeness (QED) is 0.186. The lowest BCUT2D eigenvalue weighted by atomic mass is 10.0. The molecule has 6 aromatic heterocycles. The Morgan fingerprint density at radius 2 is 1.24 bits per heavy atom. The zero-order valence-corrected chi connectivity index (χ0v) is 27.1. The van der Waals surface area contributed by atoms with E-state index >= 15 is 0 Å². The second-order valence-electron chi connectivity index (χ2n) is 13.3. The molecular formula is C44H22N4OS. The second-order valence-corrected chi connectivity index (χ2v) is 14.4. The topological polar surface area (TPSA) is 48.3 Å². The van der Waals surface area contributed by atoms with Gasteiger partial charge >= 0.3 is 0 Å². The van der Waals surface area contributed by atoms with Crippen molar-refractivity contribution in [1.82, 2.24) is 18.9 Å². The van der Waals surface area contributed by atoms with Crippen molar-refractivity contribution in [3.8, 4) is 17.2 Å². The fourth-order valence-corrected chi connectivity index (χ4v) is 10.0. The SMILES string of the molecule is c1ccc2c(-c3nc(-n4c5ccc6sc7cccc8c7c6c5c5c4ccc4c6ccccc6n8c45)nc4c3oc3ccccc34)cccc2c1. The van der Waals surface area contributed by atoms with E-state index in [2.05, 4.69) is 130 Å². The molecule has 0 saturated heterocycles. The second kappa shape index (κ2) is 8.74. The molecule has 0 N–H and O–H groups in total. The number of para-hydroxylation sites is 2. The average Bonchev–Trinajstić information content (AvgIpc) is 3.89. The zero-order chi connectivity index (χ0) is 32.2. The van der Waals surface area contributed by atoms with E-state index in [1.807, 2.05) is 23.5 Å². The lowest BCUT2D eigenvalue weighted by molar-refractivity contribution is 0.666. The molecule has 0 fully saturated rings. The highest BCUT2D eigenvalue weighted by molar-refractivity contribution is 7.26. The van der Waals surface area contributed by atoms with Crippen LogP contribution in [0.15, 0.2) is 138 Å². The molecule has 0 aliphatic rings. The van der Waals surface area contributed by atoms with Gasteiger partial charge in [0, 0.05) is 52.7 Å². The Hall–Kier alpha value is -6.50. The minimum atomic E-state index is 0.633. The van der Waals surface area contributed by atoms with Crippen LogP contribution in [-0.4, -0.2) is 18.9 Å². The van der Waals surface area contributed by atoms with Crippen LogP contribution in [0.2, 0.25) is 0 Å². The molecule has 6 heteroatoms. The third-order valence-electron chi connectivity index (χ3n) is 10.9. The van der Waals surface area contributed by atoms with Crippen molar-refractivity contribution in [3.63, 3.8) is 0 Å². The van der Waals surface area contributed by atoms with Gasteiger partial charge in [-0.3, -0.25) is 4.57 Å². The Kier molecular flexibility index (Phi) is 4.46. The summed E-state index contributed by atoms with van der Waals surface area (Å²) >= 11 is 1.87. The number of hydrogen-bond donors (Lipinski definition) is 0. The molecule has 50 heavy (non-hydrogen) atoms. The maximum absolute atomic E-state index is 6.59.